The number of carbonyl (C=O) groups excluding carboxylic acids is 1. The van der Waals surface area contributed by atoms with Gasteiger partial charge in [0, 0.05) is 30.6 Å². The van der Waals surface area contributed by atoms with Crippen molar-refractivity contribution < 1.29 is 14.3 Å². The van der Waals surface area contributed by atoms with E-state index in [1.165, 1.54) is 0 Å². The molecule has 1 amide bonds. The number of hydrogen-bond acceptors (Lipinski definition) is 4. The molecule has 0 aromatic heterocycles. The molecule has 1 aliphatic carbocycles. The molecule has 0 bridgehead atoms. The SMILES string of the molecule is CCOC1CC(N)(C(=O)Nc2ccc3c(c2)CCO3)C1(C)C.Cl. The number of ether oxygens (including phenoxy) is 2. The average Bonchev–Trinajstić information content (AvgIpc) is 2.94. The minimum Gasteiger partial charge on any atom is -0.493 e. The van der Waals surface area contributed by atoms with Crippen LogP contribution in [-0.2, 0) is 16.0 Å². The Hall–Kier alpha value is -1.30. The summed E-state index contributed by atoms with van der Waals surface area (Å²) in [5.41, 5.74) is 7.01. The lowest BCUT2D eigenvalue weighted by Crippen LogP contribution is -2.74. The quantitative estimate of drug-likeness (QED) is 0.883. The number of amides is 1. The highest BCUT2D eigenvalue weighted by atomic mass is 35.5. The summed E-state index contributed by atoms with van der Waals surface area (Å²) in [6, 6.07) is 5.72. The Morgan fingerprint density at radius 2 is 2.22 bits per heavy atom. The molecule has 0 spiro atoms. The third-order valence-corrected chi connectivity index (χ3v) is 5.18. The molecular weight excluding hydrogens is 316 g/mol. The van der Waals surface area contributed by atoms with Gasteiger partial charge >= 0.3 is 0 Å². The van der Waals surface area contributed by atoms with Gasteiger partial charge in [-0.3, -0.25) is 4.79 Å². The van der Waals surface area contributed by atoms with Crippen molar-refractivity contribution in [2.45, 2.75) is 45.3 Å². The zero-order valence-corrected chi connectivity index (χ0v) is 14.7. The maximum atomic E-state index is 12.7. The summed E-state index contributed by atoms with van der Waals surface area (Å²) in [5, 5.41) is 2.96. The Balaban J connectivity index is 0.00000192. The van der Waals surface area contributed by atoms with E-state index in [1.807, 2.05) is 39.0 Å². The molecule has 2 unspecified atom stereocenters. The summed E-state index contributed by atoms with van der Waals surface area (Å²) in [4.78, 5) is 12.7. The first-order valence-electron chi connectivity index (χ1n) is 7.86. The predicted molar refractivity (Wildman–Crippen MR) is 92.2 cm³/mol. The Labute approximate surface area is 143 Å². The summed E-state index contributed by atoms with van der Waals surface area (Å²) >= 11 is 0. The normalized spacial score (nSPS) is 27.2. The van der Waals surface area contributed by atoms with Gasteiger partial charge < -0.3 is 20.5 Å². The summed E-state index contributed by atoms with van der Waals surface area (Å²) in [6.45, 7) is 7.28. The molecule has 1 aliphatic heterocycles. The molecule has 1 aromatic rings. The van der Waals surface area contributed by atoms with Crippen LogP contribution in [-0.4, -0.2) is 30.8 Å². The molecule has 23 heavy (non-hydrogen) atoms. The zero-order valence-electron chi connectivity index (χ0n) is 13.8. The molecule has 3 rings (SSSR count). The van der Waals surface area contributed by atoms with Crippen molar-refractivity contribution in [2.24, 2.45) is 11.1 Å². The minimum absolute atomic E-state index is 0. The third kappa shape index (κ3) is 2.82. The van der Waals surface area contributed by atoms with Crippen molar-refractivity contribution in [1.82, 2.24) is 0 Å². The van der Waals surface area contributed by atoms with Crippen LogP contribution in [0.4, 0.5) is 5.69 Å². The summed E-state index contributed by atoms with van der Waals surface area (Å²) in [6.07, 6.45) is 1.46. The number of benzene rings is 1. The summed E-state index contributed by atoms with van der Waals surface area (Å²) in [7, 11) is 0. The second kappa shape index (κ2) is 6.30. The maximum Gasteiger partial charge on any atom is 0.245 e. The van der Waals surface area contributed by atoms with Crippen molar-refractivity contribution in [3.63, 3.8) is 0 Å². The van der Waals surface area contributed by atoms with Crippen molar-refractivity contribution >= 4 is 24.0 Å². The van der Waals surface area contributed by atoms with E-state index in [2.05, 4.69) is 5.32 Å². The fraction of sp³-hybridized carbons (Fsp3) is 0.588. The lowest BCUT2D eigenvalue weighted by molar-refractivity contribution is -0.166. The van der Waals surface area contributed by atoms with Crippen LogP contribution in [0.25, 0.3) is 0 Å². The number of fused-ring (bicyclic) bond motifs is 1. The lowest BCUT2D eigenvalue weighted by Gasteiger charge is -2.57. The average molecular weight is 341 g/mol. The summed E-state index contributed by atoms with van der Waals surface area (Å²) in [5.74, 6) is 0.758. The predicted octanol–water partition coefficient (Wildman–Crippen LogP) is 2.51. The standard InChI is InChI=1S/C17H24N2O3.ClH/c1-4-21-14-10-17(18,16(14,2)3)15(20)19-12-5-6-13-11(9-12)7-8-22-13;/h5-6,9,14H,4,7-8,10,18H2,1-3H3,(H,19,20);1H. The molecule has 5 nitrogen and oxygen atoms in total. The maximum absolute atomic E-state index is 12.7. The Kier molecular flexibility index (Phi) is 4.95. The molecule has 1 saturated carbocycles. The van der Waals surface area contributed by atoms with Gasteiger partial charge in [0.15, 0.2) is 0 Å². The van der Waals surface area contributed by atoms with Crippen LogP contribution < -0.4 is 15.8 Å². The molecule has 2 aliphatic rings. The Bertz CT molecular complexity index is 606. The third-order valence-electron chi connectivity index (χ3n) is 5.18. The highest BCUT2D eigenvalue weighted by molar-refractivity contribution is 6.00. The van der Waals surface area contributed by atoms with Crippen LogP contribution in [0.5, 0.6) is 5.75 Å². The van der Waals surface area contributed by atoms with Gasteiger partial charge in [-0.2, -0.15) is 0 Å². The number of rotatable bonds is 4. The number of nitrogens with two attached hydrogens (primary N) is 1. The first-order chi connectivity index (χ1) is 10.4. The largest absolute Gasteiger partial charge is 0.493 e. The number of carbonyl (C=O) groups is 1. The van der Waals surface area contributed by atoms with Gasteiger partial charge in [0.1, 0.15) is 11.3 Å². The Morgan fingerprint density at radius 1 is 1.48 bits per heavy atom. The number of nitrogens with one attached hydrogen (secondary N) is 1. The number of hydrogen-bond donors (Lipinski definition) is 2. The minimum atomic E-state index is -0.900. The van der Waals surface area contributed by atoms with Gasteiger partial charge in [0.05, 0.1) is 12.7 Å². The number of anilines is 1. The van der Waals surface area contributed by atoms with E-state index >= 15 is 0 Å². The highest BCUT2D eigenvalue weighted by Gasteiger charge is 2.62. The fourth-order valence-corrected chi connectivity index (χ4v) is 3.33. The smallest absolute Gasteiger partial charge is 0.245 e. The molecule has 2 atom stereocenters. The highest BCUT2D eigenvalue weighted by Crippen LogP contribution is 2.50. The monoisotopic (exact) mass is 340 g/mol. The second-order valence-electron chi connectivity index (χ2n) is 6.72. The van der Waals surface area contributed by atoms with Crippen LogP contribution in [0.15, 0.2) is 18.2 Å². The van der Waals surface area contributed by atoms with Gasteiger partial charge in [0.2, 0.25) is 5.91 Å². The molecule has 0 saturated heterocycles. The van der Waals surface area contributed by atoms with Gasteiger partial charge in [-0.05, 0) is 30.7 Å². The molecule has 0 radical (unpaired) electrons. The first-order valence-corrected chi connectivity index (χ1v) is 7.86. The van der Waals surface area contributed by atoms with E-state index < -0.39 is 5.54 Å². The molecule has 3 N–H and O–H groups in total. The van der Waals surface area contributed by atoms with Crippen LogP contribution >= 0.6 is 12.4 Å². The van der Waals surface area contributed by atoms with Gasteiger partial charge in [-0.1, -0.05) is 13.8 Å². The molecule has 1 fully saturated rings. The van der Waals surface area contributed by atoms with Crippen molar-refractivity contribution in [3.8, 4) is 5.75 Å². The lowest BCUT2D eigenvalue weighted by atomic mass is 9.54. The molecular formula is C17H25ClN2O3. The first kappa shape index (κ1) is 18.0. The van der Waals surface area contributed by atoms with E-state index in [0.29, 0.717) is 19.6 Å². The van der Waals surface area contributed by atoms with E-state index in [9.17, 15) is 4.79 Å². The van der Waals surface area contributed by atoms with E-state index in [1.54, 1.807) is 0 Å². The van der Waals surface area contributed by atoms with E-state index in [0.717, 1.165) is 23.4 Å². The van der Waals surface area contributed by atoms with Crippen molar-refractivity contribution in [3.05, 3.63) is 23.8 Å². The Morgan fingerprint density at radius 3 is 2.87 bits per heavy atom. The van der Waals surface area contributed by atoms with E-state index in [4.69, 9.17) is 15.2 Å². The fourth-order valence-electron chi connectivity index (χ4n) is 3.33. The van der Waals surface area contributed by atoms with Crippen LogP contribution in [0, 0.1) is 5.41 Å². The second-order valence-corrected chi connectivity index (χ2v) is 6.72. The zero-order chi connectivity index (χ0) is 16.0. The molecule has 6 heteroatoms. The van der Waals surface area contributed by atoms with Crippen molar-refractivity contribution in [1.29, 1.82) is 0 Å². The molecule has 128 valence electrons. The van der Waals surface area contributed by atoms with Crippen LogP contribution in [0.3, 0.4) is 0 Å². The molecule has 1 aromatic carbocycles. The molecule has 1 heterocycles. The van der Waals surface area contributed by atoms with Crippen LogP contribution in [0.2, 0.25) is 0 Å². The van der Waals surface area contributed by atoms with E-state index in [-0.39, 0.29) is 29.8 Å². The topological polar surface area (TPSA) is 73.6 Å². The van der Waals surface area contributed by atoms with Crippen LogP contribution in [0.1, 0.15) is 32.8 Å². The van der Waals surface area contributed by atoms with Gasteiger partial charge in [0.25, 0.3) is 0 Å². The number of halogens is 1. The van der Waals surface area contributed by atoms with Crippen molar-refractivity contribution in [2.75, 3.05) is 18.5 Å². The van der Waals surface area contributed by atoms with Gasteiger partial charge in [-0.15, -0.1) is 12.4 Å². The summed E-state index contributed by atoms with van der Waals surface area (Å²) < 4.78 is 11.2. The van der Waals surface area contributed by atoms with Gasteiger partial charge in [-0.25, -0.2) is 0 Å².